The van der Waals surface area contributed by atoms with Gasteiger partial charge in [0, 0.05) is 42.0 Å². The van der Waals surface area contributed by atoms with E-state index in [1.807, 2.05) is 42.9 Å². The maximum absolute atomic E-state index is 13.7. The first-order chi connectivity index (χ1) is 19.8. The molecule has 0 radical (unpaired) electrons. The van der Waals surface area contributed by atoms with Crippen molar-refractivity contribution in [3.63, 3.8) is 0 Å². The van der Waals surface area contributed by atoms with Crippen LogP contribution in [0, 0.1) is 5.92 Å². The molecule has 4 aromatic heterocycles. The zero-order valence-corrected chi connectivity index (χ0v) is 23.8. The third-order valence-corrected chi connectivity index (χ3v) is 7.83. The van der Waals surface area contributed by atoms with Crippen LogP contribution in [0.15, 0.2) is 72.2 Å². The van der Waals surface area contributed by atoms with Crippen LogP contribution in [0.5, 0.6) is 0 Å². The van der Waals surface area contributed by atoms with Crippen LogP contribution in [-0.2, 0) is 11.8 Å². The summed E-state index contributed by atoms with van der Waals surface area (Å²) in [5.74, 6) is -0.238. The van der Waals surface area contributed by atoms with E-state index >= 15 is 0 Å². The number of halogens is 2. The van der Waals surface area contributed by atoms with Crippen LogP contribution >= 0.6 is 23.2 Å². The van der Waals surface area contributed by atoms with E-state index in [1.54, 1.807) is 41.5 Å². The van der Waals surface area contributed by atoms with E-state index < -0.39 is 0 Å². The molecule has 2 bridgehead atoms. The van der Waals surface area contributed by atoms with Crippen LogP contribution in [-0.4, -0.2) is 40.0 Å². The van der Waals surface area contributed by atoms with Crippen molar-refractivity contribution < 1.29 is 4.79 Å². The molecule has 0 unspecified atom stereocenters. The molecule has 1 aromatic carbocycles. The summed E-state index contributed by atoms with van der Waals surface area (Å²) in [5.41, 5.74) is 4.61. The number of rotatable bonds is 3. The molecular formula is C29H26Cl2N8O2. The third kappa shape index (κ3) is 5.28. The van der Waals surface area contributed by atoms with Crippen LogP contribution in [0.25, 0.3) is 28.3 Å². The number of hydrogen-bond donors (Lipinski definition) is 1. The summed E-state index contributed by atoms with van der Waals surface area (Å²) in [5, 5.41) is 11.7. The number of carbonyl (C=O) groups is 1. The lowest BCUT2D eigenvalue weighted by Gasteiger charge is -2.23. The van der Waals surface area contributed by atoms with E-state index in [9.17, 15) is 9.59 Å². The van der Waals surface area contributed by atoms with Crippen molar-refractivity contribution in [2.24, 2.45) is 13.0 Å². The summed E-state index contributed by atoms with van der Waals surface area (Å²) in [7, 11) is 1.91. The van der Waals surface area contributed by atoms with Gasteiger partial charge < -0.3 is 9.88 Å². The number of fused-ring (bicyclic) bond motifs is 4. The zero-order valence-electron chi connectivity index (χ0n) is 22.3. The number of anilines is 1. The first-order valence-electron chi connectivity index (χ1n) is 13.2. The van der Waals surface area contributed by atoms with Crippen LogP contribution in [0.4, 0.5) is 5.69 Å². The predicted octanol–water partition coefficient (Wildman–Crippen LogP) is 5.55. The van der Waals surface area contributed by atoms with Gasteiger partial charge in [-0.3, -0.25) is 19.1 Å². The molecule has 0 saturated carbocycles. The summed E-state index contributed by atoms with van der Waals surface area (Å²) in [4.78, 5) is 35.9. The summed E-state index contributed by atoms with van der Waals surface area (Å²) in [6.45, 7) is 1.92. The molecule has 0 spiro atoms. The van der Waals surface area contributed by atoms with E-state index in [0.29, 0.717) is 46.2 Å². The van der Waals surface area contributed by atoms with Gasteiger partial charge in [0.15, 0.2) is 5.15 Å². The number of pyridine rings is 1. The zero-order chi connectivity index (χ0) is 28.7. The van der Waals surface area contributed by atoms with Crippen molar-refractivity contribution in [3.8, 4) is 28.3 Å². The monoisotopic (exact) mass is 588 g/mol. The highest BCUT2D eigenvalue weighted by Crippen LogP contribution is 2.33. The smallest absolute Gasteiger partial charge is 0.254 e. The molecule has 10 nitrogen and oxygen atoms in total. The largest absolute Gasteiger partial charge is 0.348 e. The SMILES string of the molecule is C[C@@H]1CCC[C@H](n2cnc(-c3cc(Cl)ccc3-n3cc(Cl)nn3)cc2=O)c2ccnc(c2)-c2c(ccn2C)NC1=O. The highest BCUT2D eigenvalue weighted by molar-refractivity contribution is 6.31. The molecular weight excluding hydrogens is 563 g/mol. The molecule has 0 fully saturated rings. The van der Waals surface area contributed by atoms with Crippen LogP contribution in [0.2, 0.25) is 10.2 Å². The molecule has 1 N–H and O–H groups in total. The molecule has 0 aliphatic carbocycles. The Morgan fingerprint density at radius 1 is 1.00 bits per heavy atom. The van der Waals surface area contributed by atoms with Gasteiger partial charge in [0.25, 0.3) is 5.56 Å². The molecule has 1 amide bonds. The van der Waals surface area contributed by atoms with Crippen LogP contribution < -0.4 is 10.9 Å². The number of benzene rings is 1. The van der Waals surface area contributed by atoms with Gasteiger partial charge in [-0.1, -0.05) is 41.8 Å². The molecule has 0 saturated heterocycles. The average molecular weight is 589 g/mol. The quantitative estimate of drug-likeness (QED) is 0.296. The maximum Gasteiger partial charge on any atom is 0.254 e. The molecule has 1 aliphatic rings. The molecule has 41 heavy (non-hydrogen) atoms. The molecule has 1 aliphatic heterocycles. The molecule has 5 heterocycles. The summed E-state index contributed by atoms with van der Waals surface area (Å²) >= 11 is 12.3. The van der Waals surface area contributed by atoms with Crippen LogP contribution in [0.3, 0.4) is 0 Å². The van der Waals surface area contributed by atoms with E-state index in [-0.39, 0.29) is 28.6 Å². The highest BCUT2D eigenvalue weighted by Gasteiger charge is 2.23. The second kappa shape index (κ2) is 10.9. The molecule has 6 rings (SSSR count). The van der Waals surface area contributed by atoms with Gasteiger partial charge in [-0.25, -0.2) is 9.67 Å². The summed E-state index contributed by atoms with van der Waals surface area (Å²) in [6.07, 6.45) is 8.82. The highest BCUT2D eigenvalue weighted by atomic mass is 35.5. The van der Waals surface area contributed by atoms with Crippen molar-refractivity contribution in [2.75, 3.05) is 5.32 Å². The molecule has 2 atom stereocenters. The Morgan fingerprint density at radius 2 is 1.85 bits per heavy atom. The van der Waals surface area contributed by atoms with Gasteiger partial charge in [0.05, 0.1) is 47.0 Å². The second-order valence-corrected chi connectivity index (χ2v) is 11.0. The van der Waals surface area contributed by atoms with Crippen molar-refractivity contribution in [2.45, 2.75) is 32.2 Å². The first kappa shape index (κ1) is 26.9. The Bertz CT molecular complexity index is 1830. The predicted molar refractivity (Wildman–Crippen MR) is 157 cm³/mol. The number of hydrogen-bond acceptors (Lipinski definition) is 6. The lowest BCUT2D eigenvalue weighted by molar-refractivity contribution is -0.119. The number of carbonyl (C=O) groups excluding carboxylic acids is 1. The van der Waals surface area contributed by atoms with Gasteiger partial charge in [0.1, 0.15) is 0 Å². The summed E-state index contributed by atoms with van der Waals surface area (Å²) < 4.78 is 5.09. The van der Waals surface area contributed by atoms with Gasteiger partial charge in [-0.15, -0.1) is 5.10 Å². The minimum atomic E-state index is -0.308. The fraction of sp³-hybridized carbons (Fsp3) is 0.241. The third-order valence-electron chi connectivity index (χ3n) is 7.42. The van der Waals surface area contributed by atoms with Crippen molar-refractivity contribution in [3.05, 3.63) is 93.5 Å². The normalized spacial score (nSPS) is 17.3. The Balaban J connectivity index is 1.44. The Hall–Kier alpha value is -4.28. The lowest BCUT2D eigenvalue weighted by atomic mass is 9.95. The van der Waals surface area contributed by atoms with E-state index in [0.717, 1.165) is 17.7 Å². The maximum atomic E-state index is 13.7. The minimum absolute atomic E-state index is 0.0417. The van der Waals surface area contributed by atoms with Gasteiger partial charge in [-0.2, -0.15) is 0 Å². The molecule has 12 heteroatoms. The van der Waals surface area contributed by atoms with E-state index in [4.69, 9.17) is 23.2 Å². The number of aromatic nitrogens is 7. The van der Waals surface area contributed by atoms with Crippen molar-refractivity contribution >= 4 is 34.8 Å². The number of amides is 1. The lowest BCUT2D eigenvalue weighted by Crippen LogP contribution is -2.26. The molecule has 5 aromatic rings. The Kier molecular flexibility index (Phi) is 7.19. The number of nitrogens with zero attached hydrogens (tertiary/aromatic N) is 7. The van der Waals surface area contributed by atoms with E-state index in [2.05, 4.69) is 25.6 Å². The van der Waals surface area contributed by atoms with Crippen LogP contribution in [0.1, 0.15) is 37.8 Å². The Labute approximate surface area is 245 Å². The topological polar surface area (TPSA) is 113 Å². The Morgan fingerprint density at radius 3 is 2.63 bits per heavy atom. The van der Waals surface area contributed by atoms with Gasteiger partial charge >= 0.3 is 0 Å². The standard InChI is InChI=1S/C29H26Cl2N8O2/c1-17-4-3-5-24(18-8-10-32-23(12-18)28-21(34-29(17)41)9-11-37(28)2)38-16-33-22(14-27(38)40)20-13-19(30)6-7-25(20)39-15-26(31)35-36-39/h6-17,24H,3-5H2,1-2H3,(H,34,41)/t17-,24+/m1/s1. The minimum Gasteiger partial charge on any atom is -0.348 e. The van der Waals surface area contributed by atoms with Crippen molar-refractivity contribution in [1.82, 2.24) is 34.1 Å². The number of nitrogens with one attached hydrogen (secondary N) is 1. The number of aryl methyl sites for hydroxylation is 1. The second-order valence-electron chi connectivity index (χ2n) is 10.2. The first-order valence-corrected chi connectivity index (χ1v) is 13.9. The van der Waals surface area contributed by atoms with Gasteiger partial charge in [0.2, 0.25) is 5.91 Å². The van der Waals surface area contributed by atoms with Gasteiger partial charge in [-0.05, 0) is 54.8 Å². The fourth-order valence-electron chi connectivity index (χ4n) is 5.27. The molecule has 208 valence electrons. The fourth-order valence-corrected chi connectivity index (χ4v) is 5.57. The average Bonchev–Trinajstić information content (AvgIpc) is 3.55. The summed E-state index contributed by atoms with van der Waals surface area (Å²) in [6, 6.07) is 12.2. The van der Waals surface area contributed by atoms with E-state index in [1.165, 1.54) is 10.7 Å². The van der Waals surface area contributed by atoms with Crippen molar-refractivity contribution in [1.29, 1.82) is 0 Å².